The van der Waals surface area contributed by atoms with Gasteiger partial charge in [-0.1, -0.05) is 0 Å². The van der Waals surface area contributed by atoms with E-state index in [9.17, 15) is 19.1 Å². The maximum Gasteiger partial charge on any atom is 0.282 e. The number of nitrogens with two attached hydrogens (primary N) is 1. The summed E-state index contributed by atoms with van der Waals surface area (Å²) in [6, 6.07) is 3.38. The Kier molecular flexibility index (Phi) is 6.38. The molecule has 2 atom stereocenters. The van der Waals surface area contributed by atoms with Gasteiger partial charge in [-0.05, 0) is 32.4 Å². The Labute approximate surface area is 195 Å². The molecule has 3 N–H and O–H groups in total. The van der Waals surface area contributed by atoms with Crippen LogP contribution in [0.4, 0.5) is 14.6 Å². The number of aliphatic hydroxyl groups excluding tert-OH is 1. The molecule has 0 saturated carbocycles. The minimum atomic E-state index is -2.86. The van der Waals surface area contributed by atoms with Crippen LogP contribution in [-0.4, -0.2) is 62.6 Å². The number of fused-ring (bicyclic) bond motifs is 1. The molecule has 3 heterocycles. The second-order valence-electron chi connectivity index (χ2n) is 8.73. The average Bonchev–Trinajstić information content (AvgIpc) is 3.16. The molecule has 1 fully saturated rings. The highest BCUT2D eigenvalue weighted by Gasteiger charge is 2.35. The van der Waals surface area contributed by atoms with Crippen LogP contribution in [0.1, 0.15) is 60.2 Å². The van der Waals surface area contributed by atoms with Gasteiger partial charge in [0, 0.05) is 36.7 Å². The van der Waals surface area contributed by atoms with Crippen molar-refractivity contribution in [1.29, 1.82) is 5.26 Å². The highest BCUT2D eigenvalue weighted by Crippen LogP contribution is 2.43. The second-order valence-corrected chi connectivity index (χ2v) is 8.73. The highest BCUT2D eigenvalue weighted by molar-refractivity contribution is 5.88. The molecule has 1 aliphatic rings. The number of aliphatic hydroxyl groups is 1. The minimum Gasteiger partial charge on any atom is -0.496 e. The summed E-state index contributed by atoms with van der Waals surface area (Å²) in [6.07, 6.45) is -2.08. The molecule has 0 aliphatic carbocycles. The van der Waals surface area contributed by atoms with E-state index in [0.29, 0.717) is 23.4 Å². The molecule has 1 aromatic carbocycles. The minimum absolute atomic E-state index is 0.0175. The quantitative estimate of drug-likeness (QED) is 0.539. The van der Waals surface area contributed by atoms with Crippen molar-refractivity contribution in [2.75, 3.05) is 32.5 Å². The van der Waals surface area contributed by atoms with Gasteiger partial charge in [0.05, 0.1) is 36.3 Å². The number of methoxy groups -OCH3 is 1. The SMILES string of the molecule is COc1c(C(C)n2nc(C(F)F)c3c(N)ncnc32)cc(C#N)c(C)c1C1CN(CC(C)O)C1. The first-order valence-electron chi connectivity index (χ1n) is 11.0. The number of nitrogen functional groups attached to an aromatic ring is 1. The van der Waals surface area contributed by atoms with Gasteiger partial charge in [0.25, 0.3) is 6.43 Å². The first-order chi connectivity index (χ1) is 16.2. The number of hydrogen-bond acceptors (Lipinski definition) is 8. The molecule has 11 heteroatoms. The third-order valence-electron chi connectivity index (χ3n) is 6.40. The fraction of sp³-hybridized carbons (Fsp3) is 0.478. The van der Waals surface area contributed by atoms with Crippen LogP contribution in [0.2, 0.25) is 0 Å². The Bertz CT molecular complexity index is 1260. The third kappa shape index (κ3) is 3.93. The van der Waals surface area contributed by atoms with Crippen LogP contribution in [0, 0.1) is 18.3 Å². The molecular weight excluding hydrogens is 444 g/mol. The van der Waals surface area contributed by atoms with Gasteiger partial charge in [0.2, 0.25) is 0 Å². The molecule has 2 unspecified atom stereocenters. The highest BCUT2D eigenvalue weighted by atomic mass is 19.3. The van der Waals surface area contributed by atoms with E-state index in [-0.39, 0.29) is 22.8 Å². The number of halogens is 2. The number of benzene rings is 1. The fourth-order valence-corrected chi connectivity index (χ4v) is 4.80. The van der Waals surface area contributed by atoms with Crippen molar-refractivity contribution >= 4 is 16.9 Å². The van der Waals surface area contributed by atoms with Crippen LogP contribution in [0.25, 0.3) is 11.0 Å². The molecular formula is C23H27F2N7O2. The maximum absolute atomic E-state index is 13.7. The number of β-amino-alcohol motifs (C(OH)–C–C–N with tert-alkyl or cyclic N) is 1. The second kappa shape index (κ2) is 9.12. The van der Waals surface area contributed by atoms with E-state index in [1.165, 1.54) is 11.0 Å². The van der Waals surface area contributed by atoms with Crippen molar-refractivity contribution in [2.45, 2.75) is 45.3 Å². The summed E-state index contributed by atoms with van der Waals surface area (Å²) in [7, 11) is 1.55. The van der Waals surface area contributed by atoms with E-state index in [1.54, 1.807) is 27.0 Å². The van der Waals surface area contributed by atoms with Crippen molar-refractivity contribution in [3.05, 3.63) is 40.3 Å². The lowest BCUT2D eigenvalue weighted by atomic mass is 9.83. The molecule has 34 heavy (non-hydrogen) atoms. The number of ether oxygens (including phenoxy) is 1. The Hall–Kier alpha value is -3.36. The zero-order valence-corrected chi connectivity index (χ0v) is 19.5. The molecule has 0 amide bonds. The Morgan fingerprint density at radius 3 is 2.62 bits per heavy atom. The van der Waals surface area contributed by atoms with Crippen LogP contribution in [-0.2, 0) is 0 Å². The van der Waals surface area contributed by atoms with Crippen LogP contribution < -0.4 is 10.5 Å². The van der Waals surface area contributed by atoms with Crippen LogP contribution in [0.3, 0.4) is 0 Å². The Morgan fingerprint density at radius 1 is 1.32 bits per heavy atom. The largest absolute Gasteiger partial charge is 0.496 e. The summed E-state index contributed by atoms with van der Waals surface area (Å²) in [4.78, 5) is 10.1. The number of nitrogens with zero attached hydrogens (tertiary/aromatic N) is 6. The summed E-state index contributed by atoms with van der Waals surface area (Å²) < 4.78 is 34.7. The zero-order chi connectivity index (χ0) is 24.7. The first-order valence-corrected chi connectivity index (χ1v) is 11.0. The van der Waals surface area contributed by atoms with E-state index >= 15 is 0 Å². The van der Waals surface area contributed by atoms with Gasteiger partial charge in [-0.15, -0.1) is 0 Å². The van der Waals surface area contributed by atoms with Crippen LogP contribution in [0.15, 0.2) is 12.4 Å². The predicted molar refractivity (Wildman–Crippen MR) is 122 cm³/mol. The van der Waals surface area contributed by atoms with Crippen LogP contribution in [0.5, 0.6) is 5.75 Å². The topological polar surface area (TPSA) is 126 Å². The van der Waals surface area contributed by atoms with Gasteiger partial charge in [-0.25, -0.2) is 23.4 Å². The zero-order valence-electron chi connectivity index (χ0n) is 19.5. The van der Waals surface area contributed by atoms with Gasteiger partial charge in [-0.2, -0.15) is 10.4 Å². The standard InChI is InChI=1S/C23H27F2N7O2/c1-11(33)7-31-8-15(9-31)17-12(2)14(6-26)5-16(20(17)34-4)13(3)32-23-18(19(30-32)21(24)25)22(27)28-10-29-23/h5,10-11,13,15,21,33H,7-9H2,1-4H3,(H2,27,28,29). The number of alkyl halides is 2. The summed E-state index contributed by atoms with van der Waals surface area (Å²) >= 11 is 0. The molecule has 0 radical (unpaired) electrons. The van der Waals surface area contributed by atoms with Gasteiger partial charge in [-0.3, -0.25) is 4.90 Å². The first kappa shape index (κ1) is 23.8. The molecule has 9 nitrogen and oxygen atoms in total. The molecule has 0 bridgehead atoms. The molecule has 3 aromatic rings. The summed E-state index contributed by atoms with van der Waals surface area (Å²) in [5, 5.41) is 23.7. The van der Waals surface area contributed by atoms with E-state index in [0.717, 1.165) is 24.2 Å². The normalized spacial score (nSPS) is 16.4. The molecule has 180 valence electrons. The van der Waals surface area contributed by atoms with Crippen LogP contribution >= 0.6 is 0 Å². The van der Waals surface area contributed by atoms with E-state index in [4.69, 9.17) is 10.5 Å². The van der Waals surface area contributed by atoms with Crippen molar-refractivity contribution in [3.63, 3.8) is 0 Å². The number of aromatic nitrogens is 4. The lowest BCUT2D eigenvalue weighted by Crippen LogP contribution is -2.48. The number of likely N-dealkylation sites (tertiary alicyclic amines) is 1. The average molecular weight is 472 g/mol. The van der Waals surface area contributed by atoms with Crippen molar-refractivity contribution in [3.8, 4) is 11.8 Å². The van der Waals surface area contributed by atoms with E-state index in [1.807, 2.05) is 6.92 Å². The number of nitriles is 1. The van der Waals surface area contributed by atoms with Crippen molar-refractivity contribution < 1.29 is 18.6 Å². The van der Waals surface area contributed by atoms with Gasteiger partial charge >= 0.3 is 0 Å². The Morgan fingerprint density at radius 2 is 2.03 bits per heavy atom. The van der Waals surface area contributed by atoms with Gasteiger partial charge in [0.15, 0.2) is 5.65 Å². The Balaban J connectivity index is 1.84. The fourth-order valence-electron chi connectivity index (χ4n) is 4.80. The summed E-state index contributed by atoms with van der Waals surface area (Å²) in [5.41, 5.74) is 8.42. The van der Waals surface area contributed by atoms with Crippen molar-refractivity contribution in [2.24, 2.45) is 0 Å². The summed E-state index contributed by atoms with van der Waals surface area (Å²) in [6.45, 7) is 7.42. The molecule has 1 aliphatic heterocycles. The smallest absolute Gasteiger partial charge is 0.282 e. The summed E-state index contributed by atoms with van der Waals surface area (Å²) in [5.74, 6) is 0.632. The molecule has 2 aromatic heterocycles. The molecule has 0 spiro atoms. The van der Waals surface area contributed by atoms with E-state index in [2.05, 4.69) is 26.0 Å². The number of anilines is 1. The van der Waals surface area contributed by atoms with Gasteiger partial charge in [0.1, 0.15) is 23.6 Å². The maximum atomic E-state index is 13.7. The number of rotatable bonds is 7. The molecule has 4 rings (SSSR count). The van der Waals surface area contributed by atoms with Gasteiger partial charge < -0.3 is 15.6 Å². The van der Waals surface area contributed by atoms with E-state index < -0.39 is 24.3 Å². The third-order valence-corrected chi connectivity index (χ3v) is 6.40. The lowest BCUT2D eigenvalue weighted by molar-refractivity contribution is 0.0732. The predicted octanol–water partition coefficient (Wildman–Crippen LogP) is 2.92. The molecule has 1 saturated heterocycles. The van der Waals surface area contributed by atoms with Crippen molar-refractivity contribution in [1.82, 2.24) is 24.6 Å². The lowest BCUT2D eigenvalue weighted by Gasteiger charge is -2.41. The monoisotopic (exact) mass is 471 g/mol. The number of hydrogen-bond donors (Lipinski definition) is 2.